The van der Waals surface area contributed by atoms with Gasteiger partial charge < -0.3 is 19.5 Å². The van der Waals surface area contributed by atoms with Crippen LogP contribution in [0.5, 0.6) is 0 Å². The summed E-state index contributed by atoms with van der Waals surface area (Å²) in [5.74, 6) is 2.44. The molecule has 24 heavy (non-hydrogen) atoms. The van der Waals surface area contributed by atoms with Crippen LogP contribution in [-0.4, -0.2) is 54.9 Å². The van der Waals surface area contributed by atoms with Crippen molar-refractivity contribution in [2.24, 2.45) is 11.8 Å². The van der Waals surface area contributed by atoms with Crippen LogP contribution in [0, 0.1) is 11.8 Å². The molecule has 132 valence electrons. The Morgan fingerprint density at radius 1 is 1.29 bits per heavy atom. The third-order valence-electron chi connectivity index (χ3n) is 5.60. The van der Waals surface area contributed by atoms with Gasteiger partial charge in [0.1, 0.15) is 5.76 Å². The summed E-state index contributed by atoms with van der Waals surface area (Å²) in [6.45, 7) is 7.10. The van der Waals surface area contributed by atoms with E-state index in [2.05, 4.69) is 22.3 Å². The van der Waals surface area contributed by atoms with Crippen LogP contribution in [0.3, 0.4) is 0 Å². The largest absolute Gasteiger partial charge is 0.381 e. The van der Waals surface area contributed by atoms with Crippen LogP contribution in [0.4, 0.5) is 0 Å². The lowest BCUT2D eigenvalue weighted by Gasteiger charge is -2.26. The van der Waals surface area contributed by atoms with Gasteiger partial charge in [0, 0.05) is 50.9 Å². The summed E-state index contributed by atoms with van der Waals surface area (Å²) in [4.78, 5) is 14.9. The standard InChI is InChI=1S/C18H27N3O3/c1-12-9-21(10-13-4-6-23-7-5-13)11-16(12)19-18(22)15-8-17(24-20-15)14-2-3-14/h8,12-14,16H,2-7,9-11H2,1H3,(H,19,22)/t12-,16-/m1/s1. The summed E-state index contributed by atoms with van der Waals surface area (Å²) in [7, 11) is 0. The first-order valence-corrected chi connectivity index (χ1v) is 9.26. The molecule has 4 rings (SSSR count). The highest BCUT2D eigenvalue weighted by Gasteiger charge is 2.33. The van der Waals surface area contributed by atoms with Crippen molar-refractivity contribution in [2.75, 3.05) is 32.8 Å². The molecule has 1 aromatic rings. The number of nitrogens with one attached hydrogen (secondary N) is 1. The van der Waals surface area contributed by atoms with Gasteiger partial charge in [-0.2, -0.15) is 0 Å². The summed E-state index contributed by atoms with van der Waals surface area (Å²) in [5.41, 5.74) is 0.423. The van der Waals surface area contributed by atoms with E-state index in [0.717, 1.165) is 70.2 Å². The van der Waals surface area contributed by atoms with Crippen LogP contribution < -0.4 is 5.32 Å². The van der Waals surface area contributed by atoms with Crippen LogP contribution in [0.1, 0.15) is 54.8 Å². The van der Waals surface area contributed by atoms with E-state index in [9.17, 15) is 4.79 Å². The second-order valence-corrected chi connectivity index (χ2v) is 7.72. The van der Waals surface area contributed by atoms with Gasteiger partial charge in [0.05, 0.1) is 0 Å². The molecule has 6 nitrogen and oxygen atoms in total. The van der Waals surface area contributed by atoms with E-state index in [0.29, 0.717) is 17.5 Å². The van der Waals surface area contributed by atoms with Crippen molar-refractivity contribution in [1.29, 1.82) is 0 Å². The smallest absolute Gasteiger partial charge is 0.273 e. The van der Waals surface area contributed by atoms with Gasteiger partial charge in [-0.3, -0.25) is 4.79 Å². The fourth-order valence-electron chi connectivity index (χ4n) is 3.90. The number of ether oxygens (including phenoxy) is 1. The van der Waals surface area contributed by atoms with Gasteiger partial charge in [0.25, 0.3) is 5.91 Å². The highest BCUT2D eigenvalue weighted by Crippen LogP contribution is 2.40. The van der Waals surface area contributed by atoms with Gasteiger partial charge in [0.15, 0.2) is 5.69 Å². The molecular formula is C18H27N3O3. The zero-order chi connectivity index (χ0) is 16.5. The third-order valence-corrected chi connectivity index (χ3v) is 5.60. The van der Waals surface area contributed by atoms with Crippen molar-refractivity contribution in [3.63, 3.8) is 0 Å². The van der Waals surface area contributed by atoms with E-state index in [4.69, 9.17) is 9.26 Å². The van der Waals surface area contributed by atoms with Gasteiger partial charge in [-0.05, 0) is 37.5 Å². The molecule has 2 atom stereocenters. The van der Waals surface area contributed by atoms with Crippen molar-refractivity contribution < 1.29 is 14.1 Å². The molecule has 2 aliphatic heterocycles. The minimum Gasteiger partial charge on any atom is -0.381 e. The Bertz CT molecular complexity index is 578. The molecule has 0 radical (unpaired) electrons. The van der Waals surface area contributed by atoms with Crippen LogP contribution in [0.2, 0.25) is 0 Å². The fraction of sp³-hybridized carbons (Fsp3) is 0.778. The van der Waals surface area contributed by atoms with E-state index < -0.39 is 0 Å². The third kappa shape index (κ3) is 3.64. The lowest BCUT2D eigenvalue weighted by Crippen LogP contribution is -2.40. The van der Waals surface area contributed by atoms with Crippen LogP contribution >= 0.6 is 0 Å². The summed E-state index contributed by atoms with van der Waals surface area (Å²) in [5, 5.41) is 7.10. The normalized spacial score (nSPS) is 29.0. The predicted molar refractivity (Wildman–Crippen MR) is 88.9 cm³/mol. The number of carbonyl (C=O) groups is 1. The van der Waals surface area contributed by atoms with Crippen LogP contribution in [-0.2, 0) is 4.74 Å². The Hall–Kier alpha value is -1.40. The van der Waals surface area contributed by atoms with Crippen molar-refractivity contribution in [2.45, 2.75) is 44.6 Å². The van der Waals surface area contributed by atoms with Crippen molar-refractivity contribution in [1.82, 2.24) is 15.4 Å². The summed E-state index contributed by atoms with van der Waals surface area (Å²) in [6, 6.07) is 2.00. The van der Waals surface area contributed by atoms with Gasteiger partial charge in [0.2, 0.25) is 0 Å². The summed E-state index contributed by atoms with van der Waals surface area (Å²) < 4.78 is 10.7. The van der Waals surface area contributed by atoms with E-state index in [1.165, 1.54) is 0 Å². The molecule has 1 saturated carbocycles. The number of hydrogen-bond donors (Lipinski definition) is 1. The highest BCUT2D eigenvalue weighted by molar-refractivity contribution is 5.92. The Morgan fingerprint density at radius 3 is 2.83 bits per heavy atom. The molecule has 2 saturated heterocycles. The molecule has 3 heterocycles. The quantitative estimate of drug-likeness (QED) is 0.893. The molecule has 0 bridgehead atoms. The number of amides is 1. The zero-order valence-corrected chi connectivity index (χ0v) is 14.4. The van der Waals surface area contributed by atoms with Crippen molar-refractivity contribution >= 4 is 5.91 Å². The molecule has 3 fully saturated rings. The number of likely N-dealkylation sites (tertiary alicyclic amines) is 1. The molecule has 0 aromatic carbocycles. The minimum atomic E-state index is -0.101. The van der Waals surface area contributed by atoms with Crippen LogP contribution in [0.15, 0.2) is 10.6 Å². The number of nitrogens with zero attached hydrogens (tertiary/aromatic N) is 2. The number of hydrogen-bond acceptors (Lipinski definition) is 5. The number of carbonyl (C=O) groups excluding carboxylic acids is 1. The maximum absolute atomic E-state index is 12.4. The van der Waals surface area contributed by atoms with Gasteiger partial charge in [-0.15, -0.1) is 0 Å². The van der Waals surface area contributed by atoms with E-state index in [-0.39, 0.29) is 11.9 Å². The van der Waals surface area contributed by atoms with Gasteiger partial charge >= 0.3 is 0 Å². The first-order chi connectivity index (χ1) is 11.7. The average Bonchev–Trinajstić information content (AvgIpc) is 3.21. The first kappa shape index (κ1) is 16.1. The maximum atomic E-state index is 12.4. The Balaban J connectivity index is 1.29. The predicted octanol–water partition coefficient (Wildman–Crippen LogP) is 2.03. The van der Waals surface area contributed by atoms with E-state index in [1.807, 2.05) is 6.07 Å². The molecule has 1 amide bonds. The second kappa shape index (κ2) is 6.84. The molecule has 1 aromatic heterocycles. The van der Waals surface area contributed by atoms with E-state index >= 15 is 0 Å². The molecule has 0 spiro atoms. The molecule has 1 aliphatic carbocycles. The Labute approximate surface area is 142 Å². The summed E-state index contributed by atoms with van der Waals surface area (Å²) in [6.07, 6.45) is 4.61. The Morgan fingerprint density at radius 2 is 2.08 bits per heavy atom. The number of rotatable bonds is 5. The SMILES string of the molecule is C[C@@H]1CN(CC2CCOCC2)C[C@H]1NC(=O)c1cc(C2CC2)on1. The monoisotopic (exact) mass is 333 g/mol. The topological polar surface area (TPSA) is 67.6 Å². The number of aromatic nitrogens is 1. The molecular weight excluding hydrogens is 306 g/mol. The summed E-state index contributed by atoms with van der Waals surface area (Å²) >= 11 is 0. The second-order valence-electron chi connectivity index (χ2n) is 7.72. The van der Waals surface area contributed by atoms with Gasteiger partial charge in [-0.1, -0.05) is 12.1 Å². The maximum Gasteiger partial charge on any atom is 0.273 e. The van der Waals surface area contributed by atoms with Crippen molar-refractivity contribution in [3.05, 3.63) is 17.5 Å². The minimum absolute atomic E-state index is 0.101. The lowest BCUT2D eigenvalue weighted by atomic mass is 10.00. The molecule has 1 N–H and O–H groups in total. The Kier molecular flexibility index (Phi) is 4.59. The fourth-order valence-corrected chi connectivity index (χ4v) is 3.90. The highest BCUT2D eigenvalue weighted by atomic mass is 16.5. The van der Waals surface area contributed by atoms with Crippen molar-refractivity contribution in [3.8, 4) is 0 Å². The lowest BCUT2D eigenvalue weighted by molar-refractivity contribution is 0.0550. The van der Waals surface area contributed by atoms with Gasteiger partial charge in [-0.25, -0.2) is 0 Å². The molecule has 6 heteroatoms. The molecule has 0 unspecified atom stereocenters. The van der Waals surface area contributed by atoms with E-state index in [1.54, 1.807) is 0 Å². The zero-order valence-electron chi connectivity index (χ0n) is 14.4. The van der Waals surface area contributed by atoms with Crippen LogP contribution in [0.25, 0.3) is 0 Å². The molecule has 3 aliphatic rings. The average molecular weight is 333 g/mol. The first-order valence-electron chi connectivity index (χ1n) is 9.26.